The molecule has 1 heterocycles. The summed E-state index contributed by atoms with van der Waals surface area (Å²) in [7, 11) is -3.51. The molecule has 0 N–H and O–H groups in total. The van der Waals surface area contributed by atoms with Gasteiger partial charge in [-0.15, -0.1) is 5.10 Å². The molecule has 0 radical (unpaired) electrons. The van der Waals surface area contributed by atoms with Crippen LogP contribution in [0.3, 0.4) is 0 Å². The molecule has 2 aromatic rings. The Bertz CT molecular complexity index is 725. The molecule has 8 heteroatoms. The molecule has 1 aliphatic rings. The first-order valence-electron chi connectivity index (χ1n) is 6.26. The summed E-state index contributed by atoms with van der Waals surface area (Å²) in [6, 6.07) is 6.07. The molecule has 0 saturated heterocycles. The maximum absolute atomic E-state index is 13.5. The van der Waals surface area contributed by atoms with Crippen LogP contribution in [0, 0.1) is 5.82 Å². The maximum Gasteiger partial charge on any atom is 0.166 e. The standard InChI is InChI=1S/C12H13FN4O2S/c13-11-4-2-1-3-9(11)7-20(18,19)8-12-14-15-16-17(12)10-5-6-10/h1-4,10H,5-8H2. The number of rotatable bonds is 5. The maximum atomic E-state index is 13.5. The number of aromatic nitrogens is 4. The topological polar surface area (TPSA) is 77.7 Å². The predicted molar refractivity (Wildman–Crippen MR) is 68.8 cm³/mol. The first-order chi connectivity index (χ1) is 9.55. The van der Waals surface area contributed by atoms with Crippen LogP contribution in [0.15, 0.2) is 24.3 Å². The molecule has 1 fully saturated rings. The first kappa shape index (κ1) is 13.2. The van der Waals surface area contributed by atoms with E-state index < -0.39 is 15.7 Å². The van der Waals surface area contributed by atoms with Crippen molar-refractivity contribution in [3.63, 3.8) is 0 Å². The normalized spacial score (nSPS) is 15.4. The Labute approximate surface area is 115 Å². The SMILES string of the molecule is O=S(=O)(Cc1ccccc1F)Cc1nnnn1C1CC1. The molecule has 6 nitrogen and oxygen atoms in total. The van der Waals surface area contributed by atoms with E-state index in [1.165, 1.54) is 18.2 Å². The molecule has 0 aliphatic heterocycles. The third kappa shape index (κ3) is 2.84. The van der Waals surface area contributed by atoms with Gasteiger partial charge in [-0.3, -0.25) is 0 Å². The lowest BCUT2D eigenvalue weighted by Gasteiger charge is -2.06. The second-order valence-electron chi connectivity index (χ2n) is 4.89. The Morgan fingerprint density at radius 3 is 2.70 bits per heavy atom. The van der Waals surface area contributed by atoms with Crippen molar-refractivity contribution in [2.24, 2.45) is 0 Å². The van der Waals surface area contributed by atoms with Crippen LogP contribution in [0.2, 0.25) is 0 Å². The summed E-state index contributed by atoms with van der Waals surface area (Å²) in [6.45, 7) is 0. The van der Waals surface area contributed by atoms with Gasteiger partial charge in [0.2, 0.25) is 0 Å². The fourth-order valence-electron chi connectivity index (χ4n) is 2.01. The van der Waals surface area contributed by atoms with E-state index in [-0.39, 0.29) is 23.1 Å². The largest absolute Gasteiger partial charge is 0.228 e. The van der Waals surface area contributed by atoms with E-state index in [1.54, 1.807) is 10.7 Å². The summed E-state index contributed by atoms with van der Waals surface area (Å²) in [5, 5.41) is 11.1. The Kier molecular flexibility index (Phi) is 3.25. The Balaban J connectivity index is 1.79. The molecule has 3 rings (SSSR count). The molecule has 1 aromatic carbocycles. The van der Waals surface area contributed by atoms with E-state index in [4.69, 9.17) is 0 Å². The lowest BCUT2D eigenvalue weighted by molar-refractivity contribution is 0.571. The number of halogens is 1. The van der Waals surface area contributed by atoms with Gasteiger partial charge in [0.25, 0.3) is 0 Å². The van der Waals surface area contributed by atoms with Gasteiger partial charge in [-0.05, 0) is 29.3 Å². The van der Waals surface area contributed by atoms with Crippen molar-refractivity contribution >= 4 is 9.84 Å². The first-order valence-corrected chi connectivity index (χ1v) is 8.08. The van der Waals surface area contributed by atoms with E-state index in [0.29, 0.717) is 5.82 Å². The minimum atomic E-state index is -3.51. The van der Waals surface area contributed by atoms with Crippen LogP contribution in [0.5, 0.6) is 0 Å². The third-order valence-electron chi connectivity index (χ3n) is 3.14. The smallest absolute Gasteiger partial charge is 0.166 e. The highest BCUT2D eigenvalue weighted by Gasteiger charge is 2.29. The molecule has 0 unspecified atom stereocenters. The van der Waals surface area contributed by atoms with Gasteiger partial charge in [0, 0.05) is 5.56 Å². The zero-order valence-corrected chi connectivity index (χ0v) is 11.4. The summed E-state index contributed by atoms with van der Waals surface area (Å²) in [5.74, 6) is -0.816. The van der Waals surface area contributed by atoms with Gasteiger partial charge in [-0.1, -0.05) is 18.2 Å². The molecule has 0 amide bonds. The van der Waals surface area contributed by atoms with Crippen LogP contribution in [0.25, 0.3) is 0 Å². The molecule has 1 aliphatic carbocycles. The highest BCUT2D eigenvalue weighted by Crippen LogP contribution is 2.34. The Morgan fingerprint density at radius 1 is 1.25 bits per heavy atom. The van der Waals surface area contributed by atoms with E-state index in [0.717, 1.165) is 12.8 Å². The van der Waals surface area contributed by atoms with Gasteiger partial charge in [-0.2, -0.15) is 0 Å². The molecule has 0 spiro atoms. The van der Waals surface area contributed by atoms with Crippen LogP contribution < -0.4 is 0 Å². The number of benzene rings is 1. The number of tetrazole rings is 1. The minimum absolute atomic E-state index is 0.165. The van der Waals surface area contributed by atoms with Gasteiger partial charge in [0.05, 0.1) is 11.8 Å². The summed E-state index contributed by atoms with van der Waals surface area (Å²) < 4.78 is 39.3. The monoisotopic (exact) mass is 296 g/mol. The quantitative estimate of drug-likeness (QED) is 0.830. The van der Waals surface area contributed by atoms with Crippen LogP contribution in [-0.4, -0.2) is 28.6 Å². The van der Waals surface area contributed by atoms with Crippen molar-refractivity contribution in [1.29, 1.82) is 0 Å². The predicted octanol–water partition coefficient (Wildman–Crippen LogP) is 1.26. The molecule has 0 atom stereocenters. The van der Waals surface area contributed by atoms with E-state index in [1.807, 2.05) is 0 Å². The van der Waals surface area contributed by atoms with Crippen molar-refractivity contribution in [1.82, 2.24) is 20.2 Å². The Morgan fingerprint density at radius 2 is 2.00 bits per heavy atom. The second kappa shape index (κ2) is 4.93. The lowest BCUT2D eigenvalue weighted by atomic mass is 10.2. The fraction of sp³-hybridized carbons (Fsp3) is 0.417. The number of sulfone groups is 1. The number of hydrogen-bond acceptors (Lipinski definition) is 5. The van der Waals surface area contributed by atoms with Crippen LogP contribution >= 0.6 is 0 Å². The zero-order chi connectivity index (χ0) is 14.2. The van der Waals surface area contributed by atoms with Crippen LogP contribution in [0.1, 0.15) is 30.3 Å². The van der Waals surface area contributed by atoms with Gasteiger partial charge in [0.1, 0.15) is 11.6 Å². The summed E-state index contributed by atoms with van der Waals surface area (Å²) in [4.78, 5) is 0. The third-order valence-corrected chi connectivity index (χ3v) is 4.58. The molecule has 0 bridgehead atoms. The van der Waals surface area contributed by atoms with Crippen LogP contribution in [0.4, 0.5) is 4.39 Å². The van der Waals surface area contributed by atoms with Crippen molar-refractivity contribution in [3.8, 4) is 0 Å². The van der Waals surface area contributed by atoms with Gasteiger partial charge in [0.15, 0.2) is 15.7 Å². The van der Waals surface area contributed by atoms with E-state index in [2.05, 4.69) is 15.5 Å². The van der Waals surface area contributed by atoms with Gasteiger partial charge < -0.3 is 0 Å². The number of nitrogens with zero attached hydrogens (tertiary/aromatic N) is 4. The molecule has 20 heavy (non-hydrogen) atoms. The summed E-state index contributed by atoms with van der Waals surface area (Å²) >= 11 is 0. The van der Waals surface area contributed by atoms with Gasteiger partial charge in [-0.25, -0.2) is 17.5 Å². The molecule has 106 valence electrons. The van der Waals surface area contributed by atoms with Crippen LogP contribution in [-0.2, 0) is 21.3 Å². The minimum Gasteiger partial charge on any atom is -0.228 e. The Hall–Kier alpha value is -1.83. The van der Waals surface area contributed by atoms with Crippen molar-refractivity contribution in [2.75, 3.05) is 0 Å². The van der Waals surface area contributed by atoms with E-state index in [9.17, 15) is 12.8 Å². The molecule has 1 aromatic heterocycles. The van der Waals surface area contributed by atoms with E-state index >= 15 is 0 Å². The van der Waals surface area contributed by atoms with Crippen molar-refractivity contribution < 1.29 is 12.8 Å². The van der Waals surface area contributed by atoms with Gasteiger partial charge >= 0.3 is 0 Å². The summed E-state index contributed by atoms with van der Waals surface area (Å²) in [6.07, 6.45) is 1.93. The van der Waals surface area contributed by atoms with Crippen molar-refractivity contribution in [3.05, 3.63) is 41.5 Å². The summed E-state index contributed by atoms with van der Waals surface area (Å²) in [5.41, 5.74) is 0.165. The highest BCUT2D eigenvalue weighted by atomic mass is 32.2. The number of hydrogen-bond donors (Lipinski definition) is 0. The lowest BCUT2D eigenvalue weighted by Crippen LogP contribution is -2.13. The highest BCUT2D eigenvalue weighted by molar-refractivity contribution is 7.89. The second-order valence-corrected chi connectivity index (χ2v) is 6.96. The molecule has 1 saturated carbocycles. The van der Waals surface area contributed by atoms with Crippen molar-refractivity contribution in [2.45, 2.75) is 30.4 Å². The zero-order valence-electron chi connectivity index (χ0n) is 10.6. The molecular weight excluding hydrogens is 283 g/mol. The molecular formula is C12H13FN4O2S. The fourth-order valence-corrected chi connectivity index (χ4v) is 3.40. The average Bonchev–Trinajstić information content (AvgIpc) is 3.13. The average molecular weight is 296 g/mol.